The first kappa shape index (κ1) is 8.07. The van der Waals surface area contributed by atoms with Gasteiger partial charge in [-0.3, -0.25) is 0 Å². The number of carboxylic acid groups (broad SMARTS) is 1. The third kappa shape index (κ3) is 1.15. The third-order valence-electron chi connectivity index (χ3n) is 1.71. The van der Waals surface area contributed by atoms with Gasteiger partial charge in [0.15, 0.2) is 0 Å². The highest BCUT2D eigenvalue weighted by Crippen LogP contribution is 2.18. The second-order valence-corrected chi connectivity index (χ2v) is 2.83. The minimum atomic E-state index is -1.13. The lowest BCUT2D eigenvalue weighted by Crippen LogP contribution is -2.07. The second-order valence-electron chi connectivity index (χ2n) is 2.49. The number of benzene rings is 1. The van der Waals surface area contributed by atoms with E-state index in [0.717, 1.165) is 4.57 Å². The summed E-state index contributed by atoms with van der Waals surface area (Å²) in [4.78, 5) is 14.6. The molecule has 0 saturated carbocycles. The topological polar surface area (TPSA) is 55.1 Å². The smallest absolute Gasteiger partial charge is 0.418 e. The molecule has 0 aliphatic rings. The summed E-state index contributed by atoms with van der Waals surface area (Å²) in [5.74, 6) is 0. The van der Waals surface area contributed by atoms with Crippen molar-refractivity contribution < 1.29 is 9.90 Å². The summed E-state index contributed by atoms with van der Waals surface area (Å²) >= 11 is 5.63. The molecule has 0 unspecified atom stereocenters. The number of rotatable bonds is 0. The van der Waals surface area contributed by atoms with Crippen LogP contribution >= 0.6 is 11.6 Å². The number of hydrogen-bond donors (Lipinski definition) is 1. The van der Waals surface area contributed by atoms with Gasteiger partial charge in [0, 0.05) is 0 Å². The van der Waals surface area contributed by atoms with E-state index in [1.54, 1.807) is 24.3 Å². The fourth-order valence-corrected chi connectivity index (χ4v) is 1.43. The highest BCUT2D eigenvalue weighted by molar-refractivity contribution is 6.30. The number of nitrogens with zero attached hydrogens (tertiary/aromatic N) is 2. The number of para-hydroxylation sites is 2. The predicted octanol–water partition coefficient (Wildman–Crippen LogP) is 2.22. The van der Waals surface area contributed by atoms with Gasteiger partial charge in [-0.15, -0.1) is 0 Å². The number of aromatic nitrogens is 2. The van der Waals surface area contributed by atoms with E-state index in [-0.39, 0.29) is 5.28 Å². The molecule has 5 heteroatoms. The zero-order valence-corrected chi connectivity index (χ0v) is 7.19. The maximum atomic E-state index is 10.7. The Morgan fingerprint density at radius 1 is 1.46 bits per heavy atom. The van der Waals surface area contributed by atoms with Crippen LogP contribution in [-0.2, 0) is 0 Å². The van der Waals surface area contributed by atoms with Crippen molar-refractivity contribution in [3.05, 3.63) is 29.5 Å². The van der Waals surface area contributed by atoms with Gasteiger partial charge in [0.2, 0.25) is 5.28 Å². The molecule has 0 bridgehead atoms. The fourth-order valence-electron chi connectivity index (χ4n) is 1.18. The van der Waals surface area contributed by atoms with Crippen LogP contribution in [0.2, 0.25) is 5.28 Å². The number of carbonyl (C=O) groups is 1. The van der Waals surface area contributed by atoms with Gasteiger partial charge < -0.3 is 5.11 Å². The zero-order chi connectivity index (χ0) is 9.42. The van der Waals surface area contributed by atoms with E-state index in [0.29, 0.717) is 11.0 Å². The number of fused-ring (bicyclic) bond motifs is 1. The van der Waals surface area contributed by atoms with Crippen LogP contribution in [0.4, 0.5) is 4.79 Å². The Hall–Kier alpha value is -1.55. The van der Waals surface area contributed by atoms with Crippen molar-refractivity contribution in [2.24, 2.45) is 0 Å². The summed E-state index contributed by atoms with van der Waals surface area (Å²) < 4.78 is 0.941. The Bertz CT molecular complexity index is 478. The molecule has 1 N–H and O–H groups in total. The van der Waals surface area contributed by atoms with Gasteiger partial charge in [-0.05, 0) is 23.7 Å². The number of imidazole rings is 1. The van der Waals surface area contributed by atoms with Crippen molar-refractivity contribution in [1.82, 2.24) is 9.55 Å². The quantitative estimate of drug-likeness (QED) is 0.703. The van der Waals surface area contributed by atoms with E-state index >= 15 is 0 Å². The fraction of sp³-hybridized carbons (Fsp3) is 0. The Morgan fingerprint density at radius 3 is 2.85 bits per heavy atom. The van der Waals surface area contributed by atoms with Crippen molar-refractivity contribution >= 4 is 28.7 Å². The van der Waals surface area contributed by atoms with Gasteiger partial charge in [-0.25, -0.2) is 14.3 Å². The van der Waals surface area contributed by atoms with Crippen molar-refractivity contribution in [3.63, 3.8) is 0 Å². The lowest BCUT2D eigenvalue weighted by molar-refractivity contribution is 0.197. The molecule has 66 valence electrons. The predicted molar refractivity (Wildman–Crippen MR) is 48.2 cm³/mol. The summed E-state index contributed by atoms with van der Waals surface area (Å²) in [5.41, 5.74) is 1.08. The molecule has 13 heavy (non-hydrogen) atoms. The molecule has 0 aliphatic carbocycles. The molecule has 0 amide bonds. The van der Waals surface area contributed by atoms with E-state index in [4.69, 9.17) is 16.7 Å². The van der Waals surface area contributed by atoms with Gasteiger partial charge in [0.1, 0.15) is 0 Å². The lowest BCUT2D eigenvalue weighted by Gasteiger charge is -1.95. The van der Waals surface area contributed by atoms with E-state index in [2.05, 4.69) is 4.98 Å². The zero-order valence-electron chi connectivity index (χ0n) is 6.44. The summed E-state index contributed by atoms with van der Waals surface area (Å²) in [7, 11) is 0. The molecule has 1 aromatic carbocycles. The van der Waals surface area contributed by atoms with Gasteiger partial charge in [0.05, 0.1) is 11.0 Å². The van der Waals surface area contributed by atoms with Gasteiger partial charge in [-0.1, -0.05) is 12.1 Å². The maximum absolute atomic E-state index is 10.7. The van der Waals surface area contributed by atoms with E-state index in [1.807, 2.05) is 0 Å². The highest BCUT2D eigenvalue weighted by Gasteiger charge is 2.12. The SMILES string of the molecule is O=C(O)n1c(Cl)nc2ccccc21. The molecule has 2 aromatic rings. The molecule has 1 heterocycles. The van der Waals surface area contributed by atoms with Crippen LogP contribution < -0.4 is 0 Å². The summed E-state index contributed by atoms with van der Waals surface area (Å²) in [5, 5.41) is 8.76. The maximum Gasteiger partial charge on any atom is 0.418 e. The summed E-state index contributed by atoms with van der Waals surface area (Å²) in [6, 6.07) is 6.88. The molecular formula is C8H5ClN2O2. The standard InChI is InChI=1S/C8H5ClN2O2/c9-7-10-5-3-1-2-4-6(5)11(7)8(12)13/h1-4H,(H,12,13). The third-order valence-corrected chi connectivity index (χ3v) is 1.96. The first-order valence-corrected chi connectivity index (χ1v) is 3.94. The van der Waals surface area contributed by atoms with Crippen LogP contribution in [0.25, 0.3) is 11.0 Å². The van der Waals surface area contributed by atoms with Crippen molar-refractivity contribution in [3.8, 4) is 0 Å². The minimum absolute atomic E-state index is 0.0336. The molecule has 0 saturated heterocycles. The van der Waals surface area contributed by atoms with Gasteiger partial charge >= 0.3 is 6.09 Å². The molecule has 0 aliphatic heterocycles. The monoisotopic (exact) mass is 196 g/mol. The van der Waals surface area contributed by atoms with Crippen molar-refractivity contribution in [2.45, 2.75) is 0 Å². The second kappa shape index (κ2) is 2.74. The molecule has 1 aromatic heterocycles. The van der Waals surface area contributed by atoms with Crippen LogP contribution in [-0.4, -0.2) is 20.8 Å². The van der Waals surface area contributed by atoms with Crippen molar-refractivity contribution in [2.75, 3.05) is 0 Å². The Labute approximate surface area is 78.4 Å². The normalized spacial score (nSPS) is 10.5. The highest BCUT2D eigenvalue weighted by atomic mass is 35.5. The number of halogens is 1. The molecular weight excluding hydrogens is 192 g/mol. The molecule has 0 spiro atoms. The van der Waals surface area contributed by atoms with E-state index < -0.39 is 6.09 Å². The summed E-state index contributed by atoms with van der Waals surface area (Å²) in [6.45, 7) is 0. The molecule has 2 rings (SSSR count). The Balaban J connectivity index is 2.86. The van der Waals surface area contributed by atoms with Crippen LogP contribution in [0.3, 0.4) is 0 Å². The molecule has 0 fully saturated rings. The summed E-state index contributed by atoms with van der Waals surface area (Å²) in [6.07, 6.45) is -1.13. The minimum Gasteiger partial charge on any atom is -0.464 e. The average Bonchev–Trinajstić information content (AvgIpc) is 2.39. The Kier molecular flexibility index (Phi) is 1.70. The van der Waals surface area contributed by atoms with Crippen LogP contribution in [0.1, 0.15) is 0 Å². The lowest BCUT2D eigenvalue weighted by atomic mass is 10.3. The largest absolute Gasteiger partial charge is 0.464 e. The first-order chi connectivity index (χ1) is 6.20. The molecule has 0 atom stereocenters. The van der Waals surface area contributed by atoms with E-state index in [1.165, 1.54) is 0 Å². The van der Waals surface area contributed by atoms with Gasteiger partial charge in [0.25, 0.3) is 0 Å². The van der Waals surface area contributed by atoms with Crippen LogP contribution in [0, 0.1) is 0 Å². The van der Waals surface area contributed by atoms with Crippen molar-refractivity contribution in [1.29, 1.82) is 0 Å². The number of hydrogen-bond acceptors (Lipinski definition) is 2. The first-order valence-electron chi connectivity index (χ1n) is 3.56. The Morgan fingerprint density at radius 2 is 2.15 bits per heavy atom. The molecule has 0 radical (unpaired) electrons. The molecule has 4 nitrogen and oxygen atoms in total. The van der Waals surface area contributed by atoms with Crippen LogP contribution in [0.15, 0.2) is 24.3 Å². The van der Waals surface area contributed by atoms with Gasteiger partial charge in [-0.2, -0.15) is 0 Å². The van der Waals surface area contributed by atoms with Crippen LogP contribution in [0.5, 0.6) is 0 Å². The average molecular weight is 197 g/mol. The van der Waals surface area contributed by atoms with E-state index in [9.17, 15) is 4.79 Å².